The van der Waals surface area contributed by atoms with E-state index in [1.807, 2.05) is 12.1 Å². The van der Waals surface area contributed by atoms with Gasteiger partial charge in [0.1, 0.15) is 11.8 Å². The van der Waals surface area contributed by atoms with E-state index in [4.69, 9.17) is 5.26 Å². The van der Waals surface area contributed by atoms with E-state index in [-0.39, 0.29) is 5.91 Å². The molecule has 0 aliphatic heterocycles. The summed E-state index contributed by atoms with van der Waals surface area (Å²) in [6.07, 6.45) is 2.64. The van der Waals surface area contributed by atoms with Gasteiger partial charge in [0.25, 0.3) is 5.91 Å². The molecule has 2 N–H and O–H groups in total. The number of nitriles is 1. The molecule has 112 valence electrons. The molecule has 5 nitrogen and oxygen atoms in total. The smallest absolute Gasteiger partial charge is 0.274 e. The molecule has 0 bridgehead atoms. The summed E-state index contributed by atoms with van der Waals surface area (Å²) in [4.78, 5) is 16.3. The van der Waals surface area contributed by atoms with Gasteiger partial charge in [-0.2, -0.15) is 5.26 Å². The molecular formula is C17H18N4O. The van der Waals surface area contributed by atoms with E-state index >= 15 is 0 Å². The number of para-hydroxylation sites is 1. The second kappa shape index (κ2) is 7.23. The number of rotatable bonds is 5. The normalized spacial score (nSPS) is 11.3. The molecule has 0 saturated carbocycles. The van der Waals surface area contributed by atoms with Gasteiger partial charge in [-0.15, -0.1) is 0 Å². The van der Waals surface area contributed by atoms with Crippen molar-refractivity contribution in [3.05, 3.63) is 53.9 Å². The van der Waals surface area contributed by atoms with Crippen molar-refractivity contribution in [3.63, 3.8) is 0 Å². The zero-order valence-electron chi connectivity index (χ0n) is 12.6. The fourth-order valence-corrected chi connectivity index (χ4v) is 1.88. The summed E-state index contributed by atoms with van der Waals surface area (Å²) in [7, 11) is 0. The van der Waals surface area contributed by atoms with Crippen molar-refractivity contribution < 1.29 is 4.79 Å². The number of aromatic nitrogens is 1. The standard InChI is InChI=1S/C17H18N4O/c1-3-12(2)20-14-8-9-16(19-11-14)17(22)21-15-7-5-4-6-13(15)10-18/h4-9,11-12,20H,3H2,1-2H3,(H,21,22). The van der Waals surface area contributed by atoms with Crippen LogP contribution >= 0.6 is 0 Å². The molecule has 0 fully saturated rings. The first-order valence-electron chi connectivity index (χ1n) is 7.17. The molecule has 2 rings (SSSR count). The number of hydrogen-bond acceptors (Lipinski definition) is 4. The lowest BCUT2D eigenvalue weighted by molar-refractivity contribution is 0.102. The highest BCUT2D eigenvalue weighted by atomic mass is 16.1. The van der Waals surface area contributed by atoms with Crippen molar-refractivity contribution in [2.24, 2.45) is 0 Å². The Hall–Kier alpha value is -2.87. The van der Waals surface area contributed by atoms with E-state index in [1.165, 1.54) is 0 Å². The lowest BCUT2D eigenvalue weighted by Gasteiger charge is -2.12. The summed E-state index contributed by atoms with van der Waals surface area (Å²) in [5.41, 5.74) is 2.09. The molecule has 1 atom stereocenters. The van der Waals surface area contributed by atoms with Gasteiger partial charge in [0.05, 0.1) is 23.1 Å². The number of anilines is 2. The van der Waals surface area contributed by atoms with Crippen LogP contribution in [0.15, 0.2) is 42.6 Å². The maximum atomic E-state index is 12.2. The predicted octanol–water partition coefficient (Wildman–Crippen LogP) is 3.42. The fraction of sp³-hybridized carbons (Fsp3) is 0.235. The molecule has 0 aliphatic carbocycles. The zero-order valence-corrected chi connectivity index (χ0v) is 12.6. The van der Waals surface area contributed by atoms with Crippen LogP contribution in [0.25, 0.3) is 0 Å². The van der Waals surface area contributed by atoms with Gasteiger partial charge in [0.2, 0.25) is 0 Å². The summed E-state index contributed by atoms with van der Waals surface area (Å²) in [6, 6.07) is 12.7. The van der Waals surface area contributed by atoms with Gasteiger partial charge >= 0.3 is 0 Å². The number of carbonyl (C=O) groups excluding carboxylic acids is 1. The molecule has 22 heavy (non-hydrogen) atoms. The van der Waals surface area contributed by atoms with Crippen LogP contribution < -0.4 is 10.6 Å². The number of hydrogen-bond donors (Lipinski definition) is 2. The Kier molecular flexibility index (Phi) is 5.10. The summed E-state index contributed by atoms with van der Waals surface area (Å²) >= 11 is 0. The topological polar surface area (TPSA) is 77.8 Å². The first kappa shape index (κ1) is 15.5. The number of amides is 1. The van der Waals surface area contributed by atoms with Crippen molar-refractivity contribution in [3.8, 4) is 6.07 Å². The van der Waals surface area contributed by atoms with Crippen LogP contribution in [0.1, 0.15) is 36.3 Å². The molecule has 1 aromatic carbocycles. The maximum Gasteiger partial charge on any atom is 0.274 e. The highest BCUT2D eigenvalue weighted by Crippen LogP contribution is 2.15. The Labute approximate surface area is 130 Å². The lowest BCUT2D eigenvalue weighted by Crippen LogP contribution is -2.16. The highest BCUT2D eigenvalue weighted by Gasteiger charge is 2.10. The number of nitrogens with zero attached hydrogens (tertiary/aromatic N) is 2. The van der Waals surface area contributed by atoms with Crippen molar-refractivity contribution in [1.29, 1.82) is 5.26 Å². The van der Waals surface area contributed by atoms with E-state index in [9.17, 15) is 4.79 Å². The van der Waals surface area contributed by atoms with Gasteiger partial charge in [-0.25, -0.2) is 4.98 Å². The first-order valence-corrected chi connectivity index (χ1v) is 7.17. The summed E-state index contributed by atoms with van der Waals surface area (Å²) in [6.45, 7) is 4.18. The molecule has 0 saturated heterocycles. The molecular weight excluding hydrogens is 276 g/mol. The summed E-state index contributed by atoms with van der Waals surface area (Å²) in [5, 5.41) is 15.0. The summed E-state index contributed by atoms with van der Waals surface area (Å²) in [5.74, 6) is -0.335. The third-order valence-electron chi connectivity index (χ3n) is 3.32. The molecule has 1 amide bonds. The SMILES string of the molecule is CCC(C)Nc1ccc(C(=O)Nc2ccccc2C#N)nc1. The van der Waals surface area contributed by atoms with Crippen molar-refractivity contribution >= 4 is 17.3 Å². The number of benzene rings is 1. The molecule has 0 aliphatic rings. The fourth-order valence-electron chi connectivity index (χ4n) is 1.88. The first-order chi connectivity index (χ1) is 10.6. The van der Waals surface area contributed by atoms with Crippen LogP contribution in [-0.2, 0) is 0 Å². The minimum atomic E-state index is -0.335. The van der Waals surface area contributed by atoms with Gasteiger partial charge in [-0.1, -0.05) is 19.1 Å². The third kappa shape index (κ3) is 3.83. The Balaban J connectivity index is 2.09. The maximum absolute atomic E-state index is 12.2. The van der Waals surface area contributed by atoms with Crippen molar-refractivity contribution in [2.75, 3.05) is 10.6 Å². The van der Waals surface area contributed by atoms with Crippen LogP contribution in [0.3, 0.4) is 0 Å². The van der Waals surface area contributed by atoms with Crippen LogP contribution in [-0.4, -0.2) is 16.9 Å². The van der Waals surface area contributed by atoms with Crippen molar-refractivity contribution in [2.45, 2.75) is 26.3 Å². The van der Waals surface area contributed by atoms with Gasteiger partial charge in [-0.3, -0.25) is 4.79 Å². The molecule has 1 aromatic heterocycles. The zero-order chi connectivity index (χ0) is 15.9. The van der Waals surface area contributed by atoms with E-state index in [2.05, 4.69) is 29.5 Å². The van der Waals surface area contributed by atoms with Gasteiger partial charge in [-0.05, 0) is 37.6 Å². The quantitative estimate of drug-likeness (QED) is 0.885. The average molecular weight is 294 g/mol. The molecule has 2 aromatic rings. The van der Waals surface area contributed by atoms with E-state index in [0.717, 1.165) is 12.1 Å². The Morgan fingerprint density at radius 1 is 1.32 bits per heavy atom. The predicted molar refractivity (Wildman–Crippen MR) is 86.7 cm³/mol. The van der Waals surface area contributed by atoms with Crippen LogP contribution in [0.5, 0.6) is 0 Å². The Bertz CT molecular complexity index is 689. The lowest BCUT2D eigenvalue weighted by atomic mass is 10.2. The number of carbonyl (C=O) groups is 1. The van der Waals surface area contributed by atoms with Crippen LogP contribution in [0.4, 0.5) is 11.4 Å². The molecule has 1 unspecified atom stereocenters. The Morgan fingerprint density at radius 3 is 2.73 bits per heavy atom. The molecule has 1 heterocycles. The van der Waals surface area contributed by atoms with E-state index in [1.54, 1.807) is 36.5 Å². The van der Waals surface area contributed by atoms with Gasteiger partial charge in [0.15, 0.2) is 0 Å². The van der Waals surface area contributed by atoms with Gasteiger partial charge < -0.3 is 10.6 Å². The molecule has 0 spiro atoms. The second-order valence-corrected chi connectivity index (χ2v) is 5.00. The Morgan fingerprint density at radius 2 is 2.09 bits per heavy atom. The van der Waals surface area contributed by atoms with Crippen LogP contribution in [0, 0.1) is 11.3 Å². The number of nitrogens with one attached hydrogen (secondary N) is 2. The van der Waals surface area contributed by atoms with Crippen molar-refractivity contribution in [1.82, 2.24) is 4.98 Å². The number of pyridine rings is 1. The largest absolute Gasteiger partial charge is 0.381 e. The monoisotopic (exact) mass is 294 g/mol. The van der Waals surface area contributed by atoms with Crippen LogP contribution in [0.2, 0.25) is 0 Å². The average Bonchev–Trinajstić information content (AvgIpc) is 2.55. The van der Waals surface area contributed by atoms with E-state index in [0.29, 0.717) is 23.0 Å². The molecule has 0 radical (unpaired) electrons. The van der Waals surface area contributed by atoms with Gasteiger partial charge in [0, 0.05) is 6.04 Å². The minimum Gasteiger partial charge on any atom is -0.381 e. The third-order valence-corrected chi connectivity index (χ3v) is 3.32. The van der Waals surface area contributed by atoms with E-state index < -0.39 is 0 Å². The highest BCUT2D eigenvalue weighted by molar-refractivity contribution is 6.03. The second-order valence-electron chi connectivity index (χ2n) is 5.00. The summed E-state index contributed by atoms with van der Waals surface area (Å²) < 4.78 is 0. The minimum absolute atomic E-state index is 0.308. The molecule has 5 heteroatoms.